The summed E-state index contributed by atoms with van der Waals surface area (Å²) in [4.78, 5) is 11.3. The van der Waals surface area contributed by atoms with E-state index in [1.807, 2.05) is 13.0 Å². The molecule has 0 amide bonds. The highest BCUT2D eigenvalue weighted by Crippen LogP contribution is 2.19. The summed E-state index contributed by atoms with van der Waals surface area (Å²) in [6, 6.07) is 5.18. The highest BCUT2D eigenvalue weighted by molar-refractivity contribution is 6.17. The summed E-state index contributed by atoms with van der Waals surface area (Å²) in [7, 11) is 1.30. The van der Waals surface area contributed by atoms with E-state index < -0.39 is 5.97 Å². The zero-order valence-corrected chi connectivity index (χ0v) is 9.26. The molecule has 1 aromatic carbocycles. The Balaban J connectivity index is 3.33. The fourth-order valence-corrected chi connectivity index (χ4v) is 1.68. The van der Waals surface area contributed by atoms with Crippen molar-refractivity contribution in [2.45, 2.75) is 12.8 Å². The monoisotopic (exact) mass is 223 g/mol. The summed E-state index contributed by atoms with van der Waals surface area (Å²) in [6.45, 7) is 1.81. The minimum atomic E-state index is -0.448. The number of hydrogen-bond acceptors (Lipinski definition) is 3. The molecule has 0 N–H and O–H groups in total. The molecule has 0 aliphatic heterocycles. The fraction of sp³-hybridized carbons (Fsp3) is 0.273. The summed E-state index contributed by atoms with van der Waals surface area (Å²) >= 11 is 5.71. The molecule has 1 rings (SSSR count). The van der Waals surface area contributed by atoms with Crippen LogP contribution >= 0.6 is 11.6 Å². The number of rotatable bonds is 2. The Bertz CT molecular complexity index is 435. The van der Waals surface area contributed by atoms with E-state index in [-0.39, 0.29) is 5.88 Å². The number of nitrogens with zero attached hydrogens (tertiary/aromatic N) is 1. The van der Waals surface area contributed by atoms with Crippen LogP contribution in [0.25, 0.3) is 0 Å². The molecule has 15 heavy (non-hydrogen) atoms. The van der Waals surface area contributed by atoms with E-state index in [9.17, 15) is 4.79 Å². The van der Waals surface area contributed by atoms with Gasteiger partial charge in [-0.3, -0.25) is 0 Å². The van der Waals surface area contributed by atoms with Crippen molar-refractivity contribution in [1.29, 1.82) is 5.26 Å². The number of methoxy groups -OCH3 is 1. The molecule has 0 heterocycles. The second-order valence-corrected chi connectivity index (χ2v) is 3.32. The smallest absolute Gasteiger partial charge is 0.337 e. The molecule has 0 aromatic heterocycles. The summed E-state index contributed by atoms with van der Waals surface area (Å²) in [6.07, 6.45) is 0. The van der Waals surface area contributed by atoms with Gasteiger partial charge in [-0.05, 0) is 30.2 Å². The van der Waals surface area contributed by atoms with Gasteiger partial charge < -0.3 is 4.74 Å². The predicted molar refractivity (Wildman–Crippen MR) is 56.8 cm³/mol. The van der Waals surface area contributed by atoms with E-state index in [1.54, 1.807) is 6.07 Å². The molecule has 4 heteroatoms. The maximum Gasteiger partial charge on any atom is 0.337 e. The minimum absolute atomic E-state index is 0.260. The van der Waals surface area contributed by atoms with Crippen LogP contribution in [0.4, 0.5) is 0 Å². The van der Waals surface area contributed by atoms with Gasteiger partial charge in [0.2, 0.25) is 0 Å². The van der Waals surface area contributed by atoms with Gasteiger partial charge in [-0.25, -0.2) is 4.79 Å². The van der Waals surface area contributed by atoms with E-state index in [0.717, 1.165) is 11.1 Å². The van der Waals surface area contributed by atoms with Crippen molar-refractivity contribution < 1.29 is 9.53 Å². The fourth-order valence-electron chi connectivity index (χ4n) is 1.33. The lowest BCUT2D eigenvalue weighted by Gasteiger charge is -2.07. The first-order valence-electron chi connectivity index (χ1n) is 4.32. The van der Waals surface area contributed by atoms with Crippen LogP contribution < -0.4 is 0 Å². The van der Waals surface area contributed by atoms with Crippen LogP contribution in [0.2, 0.25) is 0 Å². The number of carbonyl (C=O) groups excluding carboxylic acids is 1. The molecule has 0 spiro atoms. The molecule has 78 valence electrons. The summed E-state index contributed by atoms with van der Waals surface area (Å²) in [5, 5.41) is 8.89. The van der Waals surface area contributed by atoms with Crippen molar-refractivity contribution in [2.75, 3.05) is 7.11 Å². The van der Waals surface area contributed by atoms with Crippen molar-refractivity contribution in [1.82, 2.24) is 0 Å². The largest absolute Gasteiger partial charge is 0.465 e. The summed E-state index contributed by atoms with van der Waals surface area (Å²) < 4.78 is 4.58. The highest BCUT2D eigenvalue weighted by atomic mass is 35.5. The van der Waals surface area contributed by atoms with Gasteiger partial charge in [0.1, 0.15) is 0 Å². The normalized spacial score (nSPS) is 9.47. The molecule has 0 saturated carbocycles. The Labute approximate surface area is 93.2 Å². The Morgan fingerprint density at radius 1 is 1.60 bits per heavy atom. The number of esters is 1. The lowest BCUT2D eigenvalue weighted by atomic mass is 10.0. The average Bonchev–Trinajstić information content (AvgIpc) is 2.26. The number of nitriles is 1. The average molecular weight is 224 g/mol. The van der Waals surface area contributed by atoms with Gasteiger partial charge in [-0.1, -0.05) is 0 Å². The topological polar surface area (TPSA) is 50.1 Å². The molecular weight excluding hydrogens is 214 g/mol. The van der Waals surface area contributed by atoms with Gasteiger partial charge in [-0.2, -0.15) is 5.26 Å². The first-order valence-corrected chi connectivity index (χ1v) is 4.85. The maximum atomic E-state index is 11.3. The molecule has 0 aliphatic carbocycles. The van der Waals surface area contributed by atoms with Gasteiger partial charge in [0.25, 0.3) is 0 Å². The first kappa shape index (κ1) is 11.5. The van der Waals surface area contributed by atoms with E-state index >= 15 is 0 Å². The number of carbonyl (C=O) groups is 1. The Hall–Kier alpha value is -1.53. The predicted octanol–water partition coefficient (Wildman–Crippen LogP) is 2.39. The lowest BCUT2D eigenvalue weighted by molar-refractivity contribution is 0.0600. The van der Waals surface area contributed by atoms with Crippen LogP contribution in [0, 0.1) is 18.3 Å². The first-order chi connectivity index (χ1) is 7.13. The van der Waals surface area contributed by atoms with Crippen molar-refractivity contribution in [2.24, 2.45) is 0 Å². The van der Waals surface area contributed by atoms with Crippen molar-refractivity contribution in [3.8, 4) is 6.07 Å². The van der Waals surface area contributed by atoms with Crippen LogP contribution in [0.15, 0.2) is 12.1 Å². The highest BCUT2D eigenvalue weighted by Gasteiger charge is 2.12. The van der Waals surface area contributed by atoms with E-state index in [1.165, 1.54) is 13.2 Å². The Kier molecular flexibility index (Phi) is 3.70. The Morgan fingerprint density at radius 3 is 2.73 bits per heavy atom. The molecule has 0 saturated heterocycles. The molecule has 0 bridgehead atoms. The molecule has 0 unspecified atom stereocenters. The molecule has 0 atom stereocenters. The van der Waals surface area contributed by atoms with E-state index in [0.29, 0.717) is 11.1 Å². The Morgan fingerprint density at radius 2 is 2.27 bits per heavy atom. The number of ether oxygens (including phenoxy) is 1. The van der Waals surface area contributed by atoms with E-state index in [4.69, 9.17) is 16.9 Å². The lowest BCUT2D eigenvalue weighted by Crippen LogP contribution is -2.04. The number of aryl methyl sites for hydroxylation is 1. The molecule has 3 nitrogen and oxygen atoms in total. The van der Waals surface area contributed by atoms with Crippen molar-refractivity contribution >= 4 is 17.6 Å². The molecule has 0 radical (unpaired) electrons. The number of alkyl halides is 1. The molecule has 0 fully saturated rings. The number of hydrogen-bond donors (Lipinski definition) is 0. The second kappa shape index (κ2) is 4.81. The van der Waals surface area contributed by atoms with Gasteiger partial charge in [0.05, 0.1) is 24.3 Å². The minimum Gasteiger partial charge on any atom is -0.465 e. The van der Waals surface area contributed by atoms with Crippen LogP contribution in [0.1, 0.15) is 27.0 Å². The summed E-state index contributed by atoms with van der Waals surface area (Å²) in [5.41, 5.74) is 2.38. The zero-order valence-electron chi connectivity index (χ0n) is 8.50. The van der Waals surface area contributed by atoms with Gasteiger partial charge in [-0.15, -0.1) is 11.6 Å². The van der Waals surface area contributed by atoms with Crippen molar-refractivity contribution in [3.05, 3.63) is 34.4 Å². The van der Waals surface area contributed by atoms with Crippen molar-refractivity contribution in [3.63, 3.8) is 0 Å². The number of benzene rings is 1. The third kappa shape index (κ3) is 2.28. The van der Waals surface area contributed by atoms with Crippen LogP contribution in [-0.2, 0) is 10.6 Å². The summed E-state index contributed by atoms with van der Waals surface area (Å²) in [5.74, 6) is -0.188. The zero-order chi connectivity index (χ0) is 11.4. The third-order valence-corrected chi connectivity index (χ3v) is 2.42. The third-order valence-electron chi connectivity index (χ3n) is 2.15. The standard InChI is InChI=1S/C11H10ClNO2/c1-7-3-8(11(14)15-2)4-9(6-13)10(7)5-12/h3-4H,5H2,1-2H3. The molecular formula is C11H10ClNO2. The second-order valence-electron chi connectivity index (χ2n) is 3.06. The van der Waals surface area contributed by atoms with E-state index in [2.05, 4.69) is 4.74 Å². The van der Waals surface area contributed by atoms with Gasteiger partial charge in [0.15, 0.2) is 0 Å². The van der Waals surface area contributed by atoms with Crippen LogP contribution in [-0.4, -0.2) is 13.1 Å². The SMILES string of the molecule is COC(=O)c1cc(C)c(CCl)c(C#N)c1. The van der Waals surface area contributed by atoms with Crippen LogP contribution in [0.5, 0.6) is 0 Å². The molecule has 0 aliphatic rings. The maximum absolute atomic E-state index is 11.3. The van der Waals surface area contributed by atoms with Crippen LogP contribution in [0.3, 0.4) is 0 Å². The number of halogens is 1. The molecule has 1 aromatic rings. The van der Waals surface area contributed by atoms with Gasteiger partial charge >= 0.3 is 5.97 Å². The quantitative estimate of drug-likeness (QED) is 0.571. The van der Waals surface area contributed by atoms with Gasteiger partial charge in [0, 0.05) is 5.88 Å².